The Labute approximate surface area is 59.7 Å². The first-order chi connectivity index (χ1) is 4.97. The van der Waals surface area contributed by atoms with Gasteiger partial charge in [-0.15, -0.1) is 0 Å². The van der Waals surface area contributed by atoms with E-state index < -0.39 is 0 Å². The van der Waals surface area contributed by atoms with Crippen molar-refractivity contribution < 1.29 is 0 Å². The lowest BCUT2D eigenvalue weighted by molar-refractivity contribution is 0.971. The molecule has 0 fully saturated rings. The molecule has 0 bridgehead atoms. The second kappa shape index (κ2) is 2.14. The Hall–Kier alpha value is -1.31. The van der Waals surface area contributed by atoms with E-state index in [1.807, 2.05) is 24.4 Å². The van der Waals surface area contributed by atoms with Gasteiger partial charge in [-0.25, -0.2) is 0 Å². The summed E-state index contributed by atoms with van der Waals surface area (Å²) in [5, 5.41) is 3.20. The summed E-state index contributed by atoms with van der Waals surface area (Å²) in [7, 11) is 0. The van der Waals surface area contributed by atoms with Crippen molar-refractivity contribution in [1.29, 1.82) is 0 Å². The fourth-order valence-corrected chi connectivity index (χ4v) is 1.05. The maximum absolute atomic E-state index is 4.20. The predicted molar refractivity (Wildman–Crippen MR) is 41.8 cm³/mol. The minimum Gasteiger partial charge on any atom is -0.380 e. The van der Waals surface area contributed by atoms with Crippen LogP contribution in [0, 0.1) is 0 Å². The molecule has 1 N–H and O–H groups in total. The van der Waals surface area contributed by atoms with Crippen LogP contribution < -0.4 is 5.32 Å². The molecule has 50 valence electrons. The summed E-state index contributed by atoms with van der Waals surface area (Å²) >= 11 is 0. The van der Waals surface area contributed by atoms with Crippen molar-refractivity contribution in [2.75, 3.05) is 6.54 Å². The summed E-state index contributed by atoms with van der Waals surface area (Å²) in [6.07, 6.45) is 9.83. The smallest absolute Gasteiger partial charge is 0.0838 e. The summed E-state index contributed by atoms with van der Waals surface area (Å²) in [6, 6.07) is 0. The Morgan fingerprint density at radius 1 is 1.40 bits per heavy atom. The highest BCUT2D eigenvalue weighted by atomic mass is 15.0. The van der Waals surface area contributed by atoms with Crippen LogP contribution in [0.4, 0.5) is 0 Å². The molecular weight excluding hydrogens is 124 g/mol. The number of hydrogen-bond acceptors (Lipinski definition) is 2. The van der Waals surface area contributed by atoms with Gasteiger partial charge in [0, 0.05) is 12.8 Å². The van der Waals surface area contributed by atoms with E-state index in [4.69, 9.17) is 0 Å². The van der Waals surface area contributed by atoms with Crippen molar-refractivity contribution in [3.63, 3.8) is 0 Å². The number of hydrogen-bond donors (Lipinski definition) is 1. The lowest BCUT2D eigenvalue weighted by Crippen LogP contribution is -2.05. The van der Waals surface area contributed by atoms with Crippen molar-refractivity contribution in [3.05, 3.63) is 35.7 Å². The molecule has 2 rings (SSSR count). The number of nitrogens with one attached hydrogen (secondary N) is 1. The molecule has 0 saturated carbocycles. The largest absolute Gasteiger partial charge is 0.380 e. The van der Waals surface area contributed by atoms with E-state index >= 15 is 0 Å². The fraction of sp³-hybridized carbons (Fsp3) is 0.125. The molecule has 0 aliphatic carbocycles. The van der Waals surface area contributed by atoms with Gasteiger partial charge < -0.3 is 5.32 Å². The molecular formula is C8H8N2. The molecule has 0 spiro atoms. The second-order valence-corrected chi connectivity index (χ2v) is 2.21. The standard InChI is InChI=1S/C8H8N2/c1-2-5-9-8-4-6-10-7(8)3-1/h1-5,10H,6H2. The summed E-state index contributed by atoms with van der Waals surface area (Å²) in [4.78, 5) is 4.20. The molecule has 0 radical (unpaired) electrons. The van der Waals surface area contributed by atoms with E-state index in [1.54, 1.807) is 0 Å². The summed E-state index contributed by atoms with van der Waals surface area (Å²) in [5.74, 6) is 0. The quantitative estimate of drug-likeness (QED) is 0.522. The third-order valence-electron chi connectivity index (χ3n) is 1.54. The minimum atomic E-state index is 0.909. The van der Waals surface area contributed by atoms with Crippen LogP contribution >= 0.6 is 0 Å². The van der Waals surface area contributed by atoms with Crippen LogP contribution in [-0.2, 0) is 0 Å². The van der Waals surface area contributed by atoms with Gasteiger partial charge in [-0.05, 0) is 18.2 Å². The molecule has 0 saturated heterocycles. The van der Waals surface area contributed by atoms with Crippen LogP contribution in [0.5, 0.6) is 0 Å². The SMILES string of the molecule is C1=CC=C2NCC=C2N=C1. The first-order valence-electron chi connectivity index (χ1n) is 3.32. The van der Waals surface area contributed by atoms with Gasteiger partial charge in [0.2, 0.25) is 0 Å². The molecule has 2 aliphatic rings. The molecule has 0 aromatic heterocycles. The third-order valence-corrected chi connectivity index (χ3v) is 1.54. The van der Waals surface area contributed by atoms with Crippen LogP contribution in [-0.4, -0.2) is 12.8 Å². The first-order valence-corrected chi connectivity index (χ1v) is 3.32. The highest BCUT2D eigenvalue weighted by Gasteiger charge is 2.07. The zero-order valence-corrected chi connectivity index (χ0v) is 5.54. The Kier molecular flexibility index (Phi) is 1.17. The number of nitrogens with zero attached hydrogens (tertiary/aromatic N) is 1. The third kappa shape index (κ3) is 0.778. The summed E-state index contributed by atoms with van der Waals surface area (Å²) in [6.45, 7) is 0.909. The van der Waals surface area contributed by atoms with Crippen molar-refractivity contribution in [3.8, 4) is 0 Å². The topological polar surface area (TPSA) is 24.4 Å². The molecule has 0 aromatic carbocycles. The van der Waals surface area contributed by atoms with Gasteiger partial charge in [-0.3, -0.25) is 4.99 Å². The number of aliphatic imine (C=N–C) groups is 1. The van der Waals surface area contributed by atoms with Gasteiger partial charge >= 0.3 is 0 Å². The molecule has 0 atom stereocenters. The average molecular weight is 132 g/mol. The highest BCUT2D eigenvalue weighted by molar-refractivity contribution is 5.74. The molecule has 2 heterocycles. The van der Waals surface area contributed by atoms with Crippen LogP contribution in [0.3, 0.4) is 0 Å². The lowest BCUT2D eigenvalue weighted by atomic mass is 10.3. The van der Waals surface area contributed by atoms with E-state index in [1.165, 1.54) is 0 Å². The van der Waals surface area contributed by atoms with Gasteiger partial charge in [0.05, 0.1) is 11.4 Å². The van der Waals surface area contributed by atoms with E-state index in [9.17, 15) is 0 Å². The van der Waals surface area contributed by atoms with Crippen LogP contribution in [0.1, 0.15) is 0 Å². The van der Waals surface area contributed by atoms with Crippen LogP contribution in [0.25, 0.3) is 0 Å². The van der Waals surface area contributed by atoms with E-state index in [-0.39, 0.29) is 0 Å². The van der Waals surface area contributed by atoms with Gasteiger partial charge in [-0.1, -0.05) is 6.08 Å². The van der Waals surface area contributed by atoms with Crippen molar-refractivity contribution in [1.82, 2.24) is 5.32 Å². The Morgan fingerprint density at radius 2 is 2.40 bits per heavy atom. The van der Waals surface area contributed by atoms with Gasteiger partial charge in [-0.2, -0.15) is 0 Å². The molecule has 10 heavy (non-hydrogen) atoms. The molecule has 0 amide bonds. The van der Waals surface area contributed by atoms with E-state index in [0.29, 0.717) is 0 Å². The average Bonchev–Trinajstić information content (AvgIpc) is 2.28. The number of allylic oxidation sites excluding steroid dienone is 3. The maximum Gasteiger partial charge on any atom is 0.0838 e. The summed E-state index contributed by atoms with van der Waals surface area (Å²) < 4.78 is 0. The van der Waals surface area contributed by atoms with Gasteiger partial charge in [0.25, 0.3) is 0 Å². The Balaban J connectivity index is 2.42. The molecule has 2 heteroatoms. The normalized spacial score (nSPS) is 20.8. The van der Waals surface area contributed by atoms with Gasteiger partial charge in [0.15, 0.2) is 0 Å². The fourth-order valence-electron chi connectivity index (χ4n) is 1.05. The summed E-state index contributed by atoms with van der Waals surface area (Å²) in [5.41, 5.74) is 2.19. The predicted octanol–water partition coefficient (Wildman–Crippen LogP) is 0.998. The maximum atomic E-state index is 4.20. The zero-order chi connectivity index (χ0) is 6.81. The first kappa shape index (κ1) is 5.47. The highest BCUT2D eigenvalue weighted by Crippen LogP contribution is 2.14. The molecule has 0 unspecified atom stereocenters. The van der Waals surface area contributed by atoms with Crippen LogP contribution in [0.15, 0.2) is 40.7 Å². The minimum absolute atomic E-state index is 0.909. The van der Waals surface area contributed by atoms with Gasteiger partial charge in [0.1, 0.15) is 0 Å². The number of fused-ring (bicyclic) bond motifs is 1. The molecule has 2 aliphatic heterocycles. The van der Waals surface area contributed by atoms with Crippen molar-refractivity contribution in [2.45, 2.75) is 0 Å². The van der Waals surface area contributed by atoms with Crippen molar-refractivity contribution >= 4 is 6.21 Å². The molecule has 2 nitrogen and oxygen atoms in total. The lowest BCUT2D eigenvalue weighted by Gasteiger charge is -1.96. The van der Waals surface area contributed by atoms with E-state index in [2.05, 4.69) is 16.4 Å². The van der Waals surface area contributed by atoms with Crippen LogP contribution in [0.2, 0.25) is 0 Å². The Bertz CT molecular complexity index is 256. The van der Waals surface area contributed by atoms with Crippen molar-refractivity contribution in [2.24, 2.45) is 4.99 Å². The second-order valence-electron chi connectivity index (χ2n) is 2.21. The van der Waals surface area contributed by atoms with E-state index in [0.717, 1.165) is 17.9 Å². The number of rotatable bonds is 0. The zero-order valence-electron chi connectivity index (χ0n) is 5.54. The monoisotopic (exact) mass is 132 g/mol. The Morgan fingerprint density at radius 3 is 3.40 bits per heavy atom. The molecule has 0 aromatic rings.